The van der Waals surface area contributed by atoms with Crippen LogP contribution in [-0.2, 0) is 17.8 Å². The van der Waals surface area contributed by atoms with Crippen LogP contribution in [0.3, 0.4) is 0 Å². The van der Waals surface area contributed by atoms with Crippen molar-refractivity contribution in [3.05, 3.63) is 41.5 Å². The van der Waals surface area contributed by atoms with Gasteiger partial charge in [0.2, 0.25) is 0 Å². The summed E-state index contributed by atoms with van der Waals surface area (Å²) in [4.78, 5) is 4.36. The van der Waals surface area contributed by atoms with E-state index in [2.05, 4.69) is 22.4 Å². The molecule has 3 rings (SSSR count). The normalized spacial score (nSPS) is 16.5. The van der Waals surface area contributed by atoms with E-state index in [0.717, 1.165) is 24.4 Å². The van der Waals surface area contributed by atoms with Gasteiger partial charge < -0.3 is 19.3 Å². The van der Waals surface area contributed by atoms with Crippen LogP contribution >= 0.6 is 0 Å². The largest absolute Gasteiger partial charge is 0.497 e. The molecule has 2 heterocycles. The lowest BCUT2D eigenvalue weighted by Crippen LogP contribution is -2.58. The Hall–Kier alpha value is -1.92. The van der Waals surface area contributed by atoms with E-state index >= 15 is 0 Å². The molecule has 1 fully saturated rings. The minimum atomic E-state index is -0.110. The Bertz CT molecular complexity index is 608. The maximum Gasteiger partial charge on any atom is 0.252 e. The van der Waals surface area contributed by atoms with Crippen LogP contribution in [0.25, 0.3) is 0 Å². The Morgan fingerprint density at radius 1 is 1.38 bits per heavy atom. The number of nitrogens with one attached hydrogen (secondary N) is 1. The highest BCUT2D eigenvalue weighted by atomic mass is 16.5. The summed E-state index contributed by atoms with van der Waals surface area (Å²) in [5, 5.41) is 7.17. The van der Waals surface area contributed by atoms with Crippen LogP contribution in [0.2, 0.25) is 0 Å². The molecule has 6 nitrogen and oxygen atoms in total. The molecule has 6 heteroatoms. The fourth-order valence-electron chi connectivity index (χ4n) is 2.20. The summed E-state index contributed by atoms with van der Waals surface area (Å²) < 4.78 is 16.2. The van der Waals surface area contributed by atoms with Crippen molar-refractivity contribution in [2.45, 2.75) is 25.6 Å². The van der Waals surface area contributed by atoms with Gasteiger partial charge in [-0.2, -0.15) is 4.98 Å². The third kappa shape index (κ3) is 3.40. The summed E-state index contributed by atoms with van der Waals surface area (Å²) in [6.07, 6.45) is 0.611. The average Bonchev–Trinajstić information content (AvgIpc) is 2.91. The Morgan fingerprint density at radius 3 is 2.95 bits per heavy atom. The number of ether oxygens (including phenoxy) is 2. The number of aromatic nitrogens is 2. The summed E-state index contributed by atoms with van der Waals surface area (Å²) in [6.45, 7) is 4.13. The highest BCUT2D eigenvalue weighted by Gasteiger charge is 2.32. The van der Waals surface area contributed by atoms with Crippen LogP contribution in [0.4, 0.5) is 0 Å². The van der Waals surface area contributed by atoms with Crippen LogP contribution in [0.1, 0.15) is 24.2 Å². The van der Waals surface area contributed by atoms with Gasteiger partial charge in [-0.25, -0.2) is 0 Å². The molecule has 0 bridgehead atoms. The molecule has 0 atom stereocenters. The molecule has 112 valence electrons. The number of benzene rings is 1. The van der Waals surface area contributed by atoms with E-state index < -0.39 is 0 Å². The summed E-state index contributed by atoms with van der Waals surface area (Å²) in [5.74, 6) is 1.99. The first-order valence-corrected chi connectivity index (χ1v) is 6.96. The second-order valence-electron chi connectivity index (χ2n) is 5.47. The average molecular weight is 289 g/mol. The van der Waals surface area contributed by atoms with Crippen molar-refractivity contribution in [2.75, 3.05) is 20.2 Å². The zero-order valence-electron chi connectivity index (χ0n) is 12.3. The quantitative estimate of drug-likeness (QED) is 0.870. The fraction of sp³-hybridized carbons (Fsp3) is 0.467. The molecule has 0 spiro atoms. The highest BCUT2D eigenvalue weighted by molar-refractivity contribution is 5.30. The van der Waals surface area contributed by atoms with Gasteiger partial charge in [-0.3, -0.25) is 0 Å². The van der Waals surface area contributed by atoms with Crippen LogP contribution in [-0.4, -0.2) is 35.9 Å². The molecule has 0 radical (unpaired) electrons. The zero-order chi connectivity index (χ0) is 14.7. The van der Waals surface area contributed by atoms with Gasteiger partial charge >= 0.3 is 0 Å². The molecule has 1 aliphatic heterocycles. The maximum absolute atomic E-state index is 5.77. The Kier molecular flexibility index (Phi) is 3.90. The van der Waals surface area contributed by atoms with Crippen molar-refractivity contribution in [1.29, 1.82) is 0 Å². The molecule has 2 aromatic rings. The van der Waals surface area contributed by atoms with Gasteiger partial charge in [0, 0.05) is 19.5 Å². The first-order chi connectivity index (χ1) is 10.2. The second-order valence-corrected chi connectivity index (χ2v) is 5.47. The number of rotatable bonds is 6. The van der Waals surface area contributed by atoms with Crippen molar-refractivity contribution in [1.82, 2.24) is 15.5 Å². The van der Waals surface area contributed by atoms with Crippen LogP contribution in [0.5, 0.6) is 5.75 Å². The van der Waals surface area contributed by atoms with Crippen LogP contribution in [0.15, 0.2) is 28.8 Å². The van der Waals surface area contributed by atoms with Gasteiger partial charge in [0.25, 0.3) is 5.89 Å². The predicted octanol–water partition coefficient (Wildman–Crippen LogP) is 1.55. The SMILES string of the molecule is COc1cccc(Cc2noc(COC3(C)CNC3)n2)c1. The highest BCUT2D eigenvalue weighted by Crippen LogP contribution is 2.18. The molecule has 0 unspecified atom stereocenters. The molecular weight excluding hydrogens is 270 g/mol. The van der Waals surface area contributed by atoms with Gasteiger partial charge in [-0.05, 0) is 24.6 Å². The van der Waals surface area contributed by atoms with E-state index in [1.165, 1.54) is 0 Å². The van der Waals surface area contributed by atoms with Gasteiger partial charge in [-0.15, -0.1) is 0 Å². The molecule has 21 heavy (non-hydrogen) atoms. The first-order valence-electron chi connectivity index (χ1n) is 6.96. The molecule has 1 saturated heterocycles. The minimum absolute atomic E-state index is 0.110. The topological polar surface area (TPSA) is 69.4 Å². The number of hydrogen-bond acceptors (Lipinski definition) is 6. The van der Waals surface area contributed by atoms with E-state index in [4.69, 9.17) is 14.0 Å². The number of methoxy groups -OCH3 is 1. The summed E-state index contributed by atoms with van der Waals surface area (Å²) in [6, 6.07) is 7.83. The Morgan fingerprint density at radius 2 is 2.24 bits per heavy atom. The van der Waals surface area contributed by atoms with E-state index in [-0.39, 0.29) is 5.60 Å². The smallest absolute Gasteiger partial charge is 0.252 e. The van der Waals surface area contributed by atoms with Crippen molar-refractivity contribution in [3.8, 4) is 5.75 Å². The standard InChI is InChI=1S/C15H19N3O3/c1-15(9-16-10-15)20-8-14-17-13(18-21-14)7-11-4-3-5-12(6-11)19-2/h3-6,16H,7-10H2,1-2H3. The number of nitrogens with zero attached hydrogens (tertiary/aromatic N) is 2. The Balaban J connectivity index is 1.59. The maximum atomic E-state index is 5.77. The molecule has 1 aliphatic rings. The van der Waals surface area contributed by atoms with E-state index in [9.17, 15) is 0 Å². The van der Waals surface area contributed by atoms with Crippen molar-refractivity contribution in [2.24, 2.45) is 0 Å². The summed E-state index contributed by atoms with van der Waals surface area (Å²) in [5.41, 5.74) is 0.972. The van der Waals surface area contributed by atoms with Crippen LogP contribution in [0, 0.1) is 0 Å². The predicted molar refractivity (Wildman–Crippen MR) is 76.2 cm³/mol. The summed E-state index contributed by atoms with van der Waals surface area (Å²) >= 11 is 0. The molecule has 0 amide bonds. The van der Waals surface area contributed by atoms with Gasteiger partial charge in [-0.1, -0.05) is 17.3 Å². The van der Waals surface area contributed by atoms with Gasteiger partial charge in [0.1, 0.15) is 12.4 Å². The summed E-state index contributed by atoms with van der Waals surface area (Å²) in [7, 11) is 1.65. The second kappa shape index (κ2) is 5.83. The van der Waals surface area contributed by atoms with Gasteiger partial charge in [0.05, 0.1) is 12.7 Å². The van der Waals surface area contributed by atoms with E-state index in [1.54, 1.807) is 7.11 Å². The van der Waals surface area contributed by atoms with E-state index in [0.29, 0.717) is 24.7 Å². The lowest BCUT2D eigenvalue weighted by Gasteiger charge is -2.38. The third-order valence-electron chi connectivity index (χ3n) is 3.55. The van der Waals surface area contributed by atoms with Crippen molar-refractivity contribution < 1.29 is 14.0 Å². The molecule has 0 saturated carbocycles. The van der Waals surface area contributed by atoms with Gasteiger partial charge in [0.15, 0.2) is 5.82 Å². The zero-order valence-corrected chi connectivity index (χ0v) is 12.3. The molecule has 0 aliphatic carbocycles. The first kappa shape index (κ1) is 14.0. The molecular formula is C15H19N3O3. The Labute approximate surface area is 123 Å². The molecule has 1 N–H and O–H groups in total. The third-order valence-corrected chi connectivity index (χ3v) is 3.55. The van der Waals surface area contributed by atoms with Crippen molar-refractivity contribution >= 4 is 0 Å². The number of hydrogen-bond donors (Lipinski definition) is 1. The minimum Gasteiger partial charge on any atom is -0.497 e. The van der Waals surface area contributed by atoms with Crippen LogP contribution < -0.4 is 10.1 Å². The van der Waals surface area contributed by atoms with Crippen molar-refractivity contribution in [3.63, 3.8) is 0 Å². The lowest BCUT2D eigenvalue weighted by molar-refractivity contribution is -0.0841. The fourth-order valence-corrected chi connectivity index (χ4v) is 2.20. The van der Waals surface area contributed by atoms with E-state index in [1.807, 2.05) is 24.3 Å². The molecule has 1 aromatic carbocycles. The lowest BCUT2D eigenvalue weighted by atomic mass is 10.0. The molecule has 1 aromatic heterocycles. The monoisotopic (exact) mass is 289 g/mol.